The van der Waals surface area contributed by atoms with Crippen LogP contribution in [-0.2, 0) is 12.8 Å². The van der Waals surface area contributed by atoms with Crippen LogP contribution in [0.3, 0.4) is 0 Å². The summed E-state index contributed by atoms with van der Waals surface area (Å²) in [6.07, 6.45) is 5.69. The Morgan fingerprint density at radius 3 is 2.40 bits per heavy atom. The third kappa shape index (κ3) is 2.11. The van der Waals surface area contributed by atoms with E-state index >= 15 is 0 Å². The number of pyridine rings is 3. The van der Waals surface area contributed by atoms with E-state index < -0.39 is 0 Å². The number of imidazole rings is 1. The fraction of sp³-hybridized carbons (Fsp3) is 0.0645. The summed E-state index contributed by atoms with van der Waals surface area (Å²) in [5.41, 5.74) is 17.2. The normalized spacial score (nSPS) is 13.5. The number of fused-ring (bicyclic) bond motifs is 16. The van der Waals surface area contributed by atoms with E-state index in [1.165, 1.54) is 44.5 Å². The van der Waals surface area contributed by atoms with Gasteiger partial charge in [-0.3, -0.25) is 14.4 Å². The van der Waals surface area contributed by atoms with Crippen molar-refractivity contribution in [2.75, 3.05) is 0 Å². The van der Waals surface area contributed by atoms with E-state index in [1.807, 2.05) is 24.5 Å². The first-order chi connectivity index (χ1) is 17.4. The van der Waals surface area contributed by atoms with Gasteiger partial charge in [0.25, 0.3) is 0 Å². The Bertz CT molecular complexity index is 2070. The van der Waals surface area contributed by atoms with Crippen LogP contribution in [-0.4, -0.2) is 19.4 Å². The highest BCUT2D eigenvalue weighted by Gasteiger charge is 2.30. The monoisotopic (exact) mass is 446 g/mol. The Balaban J connectivity index is 1.44. The predicted molar refractivity (Wildman–Crippen MR) is 140 cm³/mol. The lowest BCUT2D eigenvalue weighted by atomic mass is 9.96. The molecule has 0 saturated carbocycles. The number of rotatable bonds is 0. The van der Waals surface area contributed by atoms with Crippen LogP contribution < -0.4 is 0 Å². The Labute approximate surface area is 200 Å². The second-order valence-corrected chi connectivity index (χ2v) is 9.64. The average Bonchev–Trinajstić information content (AvgIpc) is 3.59. The molecule has 0 atom stereocenters. The van der Waals surface area contributed by atoms with Crippen LogP contribution in [0, 0.1) is 0 Å². The number of hydrogen-bond acceptors (Lipinski definition) is 3. The van der Waals surface area contributed by atoms with Crippen LogP contribution in [0.15, 0.2) is 85.2 Å². The minimum atomic E-state index is 0.895. The molecule has 3 aromatic carbocycles. The summed E-state index contributed by atoms with van der Waals surface area (Å²) in [5, 5.41) is 1.04. The molecule has 2 aliphatic carbocycles. The molecule has 0 amide bonds. The number of benzene rings is 3. The van der Waals surface area contributed by atoms with E-state index in [1.54, 1.807) is 0 Å². The van der Waals surface area contributed by atoms with Crippen LogP contribution >= 0.6 is 0 Å². The minimum Gasteiger partial charge on any atom is -0.288 e. The maximum atomic E-state index is 5.12. The summed E-state index contributed by atoms with van der Waals surface area (Å²) >= 11 is 0. The van der Waals surface area contributed by atoms with Crippen molar-refractivity contribution in [3.8, 4) is 22.3 Å². The third-order valence-corrected chi connectivity index (χ3v) is 7.95. The van der Waals surface area contributed by atoms with Gasteiger partial charge in [-0.05, 0) is 82.1 Å². The second kappa shape index (κ2) is 6.10. The van der Waals surface area contributed by atoms with Crippen molar-refractivity contribution in [3.63, 3.8) is 0 Å². The molecule has 7 aromatic rings. The molecule has 4 aromatic heterocycles. The van der Waals surface area contributed by atoms with Crippen molar-refractivity contribution in [2.24, 2.45) is 0 Å². The van der Waals surface area contributed by atoms with E-state index in [0.717, 1.165) is 51.5 Å². The molecular formula is C31H18N4. The lowest BCUT2D eigenvalue weighted by Gasteiger charge is -2.10. The van der Waals surface area contributed by atoms with Gasteiger partial charge in [-0.15, -0.1) is 0 Å². The molecular weight excluding hydrogens is 428 g/mol. The van der Waals surface area contributed by atoms with Crippen molar-refractivity contribution in [3.05, 3.63) is 107 Å². The van der Waals surface area contributed by atoms with E-state index in [2.05, 4.69) is 65.1 Å². The Hall–Kier alpha value is -4.57. The minimum absolute atomic E-state index is 0.895. The Morgan fingerprint density at radius 1 is 0.629 bits per heavy atom. The van der Waals surface area contributed by atoms with Crippen LogP contribution in [0.2, 0.25) is 0 Å². The first-order valence-electron chi connectivity index (χ1n) is 12.1. The van der Waals surface area contributed by atoms with E-state index in [9.17, 15) is 0 Å². The van der Waals surface area contributed by atoms with Gasteiger partial charge in [-0.2, -0.15) is 0 Å². The second-order valence-electron chi connectivity index (χ2n) is 9.64. The van der Waals surface area contributed by atoms with Gasteiger partial charge in [0.2, 0.25) is 0 Å². The molecule has 4 heteroatoms. The number of hydrogen-bond donors (Lipinski definition) is 0. The first-order valence-corrected chi connectivity index (χ1v) is 12.1. The van der Waals surface area contributed by atoms with Gasteiger partial charge >= 0.3 is 0 Å². The van der Waals surface area contributed by atoms with Crippen molar-refractivity contribution >= 4 is 38.6 Å². The van der Waals surface area contributed by atoms with Crippen molar-refractivity contribution in [2.45, 2.75) is 12.8 Å². The Kier molecular flexibility index (Phi) is 3.11. The van der Waals surface area contributed by atoms with Crippen LogP contribution in [0.1, 0.15) is 22.3 Å². The summed E-state index contributed by atoms with van der Waals surface area (Å²) in [6, 6.07) is 26.2. The smallest absolute Gasteiger partial charge is 0.165 e. The molecule has 0 spiro atoms. The molecule has 0 unspecified atom stereocenters. The van der Waals surface area contributed by atoms with E-state index in [-0.39, 0.29) is 0 Å². The van der Waals surface area contributed by atoms with Crippen LogP contribution in [0.5, 0.6) is 0 Å². The van der Waals surface area contributed by atoms with E-state index in [4.69, 9.17) is 15.0 Å². The molecule has 4 nitrogen and oxygen atoms in total. The number of aromatic nitrogens is 4. The van der Waals surface area contributed by atoms with Crippen molar-refractivity contribution < 1.29 is 0 Å². The summed E-state index contributed by atoms with van der Waals surface area (Å²) in [7, 11) is 0. The molecule has 35 heavy (non-hydrogen) atoms. The van der Waals surface area contributed by atoms with Gasteiger partial charge in [0.1, 0.15) is 5.52 Å². The quantitative estimate of drug-likeness (QED) is 0.243. The highest BCUT2D eigenvalue weighted by atomic mass is 15.0. The first kappa shape index (κ1) is 17.8. The van der Waals surface area contributed by atoms with Crippen LogP contribution in [0.25, 0.3) is 60.9 Å². The zero-order valence-corrected chi connectivity index (χ0v) is 18.8. The number of nitrogens with zero attached hydrogens (tertiary/aromatic N) is 4. The average molecular weight is 447 g/mol. The maximum Gasteiger partial charge on any atom is 0.165 e. The van der Waals surface area contributed by atoms with Crippen molar-refractivity contribution in [1.29, 1.82) is 0 Å². The molecule has 2 aliphatic rings. The maximum absolute atomic E-state index is 5.12. The van der Waals surface area contributed by atoms with Gasteiger partial charge < -0.3 is 0 Å². The lowest BCUT2D eigenvalue weighted by molar-refractivity contribution is 1.16. The van der Waals surface area contributed by atoms with Crippen molar-refractivity contribution in [1.82, 2.24) is 19.4 Å². The zero-order chi connectivity index (χ0) is 22.7. The molecule has 9 rings (SSSR count). The fourth-order valence-electron chi connectivity index (χ4n) is 6.51. The highest BCUT2D eigenvalue weighted by Crippen LogP contribution is 2.48. The fourth-order valence-corrected chi connectivity index (χ4v) is 6.51. The molecule has 0 radical (unpaired) electrons. The summed E-state index contributed by atoms with van der Waals surface area (Å²) < 4.78 is 2.29. The van der Waals surface area contributed by atoms with Gasteiger partial charge in [0.05, 0.1) is 22.1 Å². The molecule has 162 valence electrons. The largest absolute Gasteiger partial charge is 0.288 e. The zero-order valence-electron chi connectivity index (χ0n) is 18.8. The topological polar surface area (TPSA) is 43.1 Å². The molecule has 0 saturated heterocycles. The van der Waals surface area contributed by atoms with Gasteiger partial charge in [0.15, 0.2) is 5.65 Å². The van der Waals surface area contributed by atoms with Gasteiger partial charge in [-0.25, -0.2) is 4.98 Å². The summed E-state index contributed by atoms with van der Waals surface area (Å²) in [5.74, 6) is 0. The molecule has 0 N–H and O–H groups in total. The van der Waals surface area contributed by atoms with Gasteiger partial charge in [-0.1, -0.05) is 42.5 Å². The third-order valence-electron chi connectivity index (χ3n) is 7.95. The standard InChI is InChI=1S/C31H18N4/c1-2-6-19-17(5-1)15-23-20(19)10-11-21-24(23)16-18-9-12-25-30(27(18)21)35-26-8-4-14-32-28(26)22-7-3-13-33-29(22)31(35)34-25/h1-14H,15-16H2. The molecule has 0 bridgehead atoms. The van der Waals surface area contributed by atoms with Gasteiger partial charge in [0, 0.05) is 23.3 Å². The highest BCUT2D eigenvalue weighted by molar-refractivity contribution is 6.12. The Morgan fingerprint density at radius 2 is 1.43 bits per heavy atom. The summed E-state index contributed by atoms with van der Waals surface area (Å²) in [6.45, 7) is 0. The lowest BCUT2D eigenvalue weighted by Crippen LogP contribution is -1.95. The predicted octanol–water partition coefficient (Wildman–Crippen LogP) is 6.73. The van der Waals surface area contributed by atoms with E-state index in [0.29, 0.717) is 0 Å². The van der Waals surface area contributed by atoms with Crippen LogP contribution in [0.4, 0.5) is 0 Å². The summed E-state index contributed by atoms with van der Waals surface area (Å²) in [4.78, 5) is 14.6. The molecule has 0 fully saturated rings. The SMILES string of the molecule is c1ccc2c(c1)Cc1c-2ccc2c1Cc1ccc3nc4c5ncccc5c5ncccc5n4c3c1-2. The molecule has 4 heterocycles. The molecule has 0 aliphatic heterocycles.